The Morgan fingerprint density at radius 2 is 1.16 bits per heavy atom. The van der Waals surface area contributed by atoms with E-state index in [1.165, 1.54) is 24.3 Å². The first-order valence-electron chi connectivity index (χ1n) is 8.74. The summed E-state index contributed by atoms with van der Waals surface area (Å²) in [6.45, 7) is 0. The average Bonchev–Trinajstić information content (AvgIpc) is 2.69. The van der Waals surface area contributed by atoms with E-state index in [4.69, 9.17) is 0 Å². The van der Waals surface area contributed by atoms with Crippen molar-refractivity contribution in [3.05, 3.63) is 52.6 Å². The molecule has 0 spiro atoms. The topological polar surface area (TPSA) is 68.3 Å². The van der Waals surface area contributed by atoms with Crippen LogP contribution >= 0.6 is 0 Å². The number of fused-ring (bicyclic) bond motifs is 1. The summed E-state index contributed by atoms with van der Waals surface area (Å²) in [4.78, 5) is 0. The number of rotatable bonds is 4. The van der Waals surface area contributed by atoms with Gasteiger partial charge in [-0.15, -0.1) is 6.07 Å². The number of benzene rings is 2. The third kappa shape index (κ3) is 3.80. The van der Waals surface area contributed by atoms with Crippen LogP contribution in [0.5, 0.6) is 0 Å². The molecule has 0 saturated heterocycles. The third-order valence-electron chi connectivity index (χ3n) is 5.00. The fourth-order valence-electron chi connectivity index (χ4n) is 3.42. The fraction of sp³-hybridized carbons (Fsp3) is 0.389. The van der Waals surface area contributed by atoms with E-state index >= 15 is 0 Å². The summed E-state index contributed by atoms with van der Waals surface area (Å²) >= 11 is 0. The molecule has 0 N–H and O–H groups in total. The zero-order valence-electron chi connectivity index (χ0n) is 15.5. The molecular weight excluding hydrogens is 496 g/mol. The van der Waals surface area contributed by atoms with Crippen LogP contribution in [0, 0.1) is 4.58 Å². The highest BCUT2D eigenvalue weighted by Crippen LogP contribution is 2.45. The van der Waals surface area contributed by atoms with Crippen molar-refractivity contribution < 1.29 is 52.0 Å². The first-order valence-corrected chi connectivity index (χ1v) is 11.8. The molecule has 0 aromatic heterocycles. The molecule has 1 fully saturated rings. The van der Waals surface area contributed by atoms with Crippen LogP contribution in [0.4, 0.5) is 35.1 Å². The van der Waals surface area contributed by atoms with Gasteiger partial charge in [-0.25, -0.2) is 38.8 Å². The van der Waals surface area contributed by atoms with Crippen molar-refractivity contribution in [2.24, 2.45) is 0 Å². The molecule has 178 valence electrons. The van der Waals surface area contributed by atoms with Gasteiger partial charge in [-0.1, -0.05) is 29.7 Å². The van der Waals surface area contributed by atoms with Gasteiger partial charge in [-0.3, -0.25) is 0 Å². The predicted molar refractivity (Wildman–Crippen MR) is 98.5 cm³/mol. The van der Waals surface area contributed by atoms with E-state index in [-0.39, 0.29) is 5.39 Å². The summed E-state index contributed by atoms with van der Waals surface area (Å²) in [5.74, 6) is 0. The molecule has 1 aliphatic rings. The normalized spacial score (nSPS) is 29.8. The Labute approximate surface area is 177 Å². The lowest BCUT2D eigenvalue weighted by Gasteiger charge is -2.39. The van der Waals surface area contributed by atoms with Crippen molar-refractivity contribution in [3.8, 4) is 0 Å². The van der Waals surface area contributed by atoms with Crippen LogP contribution in [-0.4, -0.2) is 58.5 Å². The SMILES string of the molecule is O=S(=O)([C-](c1ccc2ccccc2c1)S(=O)(=O)C(F)(F)F)C1C(F)C(F)C(F)C(F)C1F. The molecule has 3 rings (SSSR count). The number of hydrogen-bond donors (Lipinski definition) is 0. The molecule has 0 amide bonds. The minimum atomic E-state index is -6.81. The van der Waals surface area contributed by atoms with Crippen LogP contribution in [0.3, 0.4) is 0 Å². The monoisotopic (exact) mass is 509 g/mol. The summed E-state index contributed by atoms with van der Waals surface area (Å²) in [6.07, 6.45) is -17.9. The Bertz CT molecular complexity index is 1200. The number of halogens is 8. The van der Waals surface area contributed by atoms with Crippen molar-refractivity contribution in [2.45, 2.75) is 41.6 Å². The maximum Gasteiger partial charge on any atom is 0.491 e. The first-order chi connectivity index (χ1) is 14.6. The second kappa shape index (κ2) is 8.04. The lowest BCUT2D eigenvalue weighted by atomic mass is 9.91. The Kier molecular flexibility index (Phi) is 6.17. The molecular formula is C18H13F8O4S2-. The van der Waals surface area contributed by atoms with E-state index in [0.717, 1.165) is 6.07 Å². The van der Waals surface area contributed by atoms with Crippen molar-refractivity contribution in [2.75, 3.05) is 0 Å². The van der Waals surface area contributed by atoms with Gasteiger partial charge in [0.25, 0.3) is 0 Å². The van der Waals surface area contributed by atoms with Crippen molar-refractivity contribution in [3.63, 3.8) is 0 Å². The van der Waals surface area contributed by atoms with Crippen LogP contribution in [0.1, 0.15) is 5.56 Å². The molecule has 4 nitrogen and oxygen atoms in total. The first kappa shape index (κ1) is 24.6. The minimum Gasteiger partial charge on any atom is -0.243 e. The maximum atomic E-state index is 14.3. The van der Waals surface area contributed by atoms with E-state index in [2.05, 4.69) is 0 Å². The van der Waals surface area contributed by atoms with Gasteiger partial charge in [0.15, 0.2) is 40.7 Å². The highest BCUT2D eigenvalue weighted by atomic mass is 32.3. The van der Waals surface area contributed by atoms with Crippen molar-refractivity contribution >= 4 is 30.4 Å². The van der Waals surface area contributed by atoms with E-state index in [1.807, 2.05) is 0 Å². The minimum absolute atomic E-state index is 0.0582. The molecule has 1 saturated carbocycles. The van der Waals surface area contributed by atoms with Crippen molar-refractivity contribution in [1.82, 2.24) is 0 Å². The summed E-state index contributed by atoms with van der Waals surface area (Å²) in [5.41, 5.74) is -7.38. The highest BCUT2D eigenvalue weighted by molar-refractivity contribution is 8.13. The smallest absolute Gasteiger partial charge is 0.243 e. The second-order valence-electron chi connectivity index (χ2n) is 7.03. The van der Waals surface area contributed by atoms with Gasteiger partial charge in [0.05, 0.1) is 4.58 Å². The van der Waals surface area contributed by atoms with Crippen LogP contribution < -0.4 is 0 Å². The molecule has 2 aromatic carbocycles. The van der Waals surface area contributed by atoms with Gasteiger partial charge in [0.2, 0.25) is 9.84 Å². The Balaban J connectivity index is 2.27. The highest BCUT2D eigenvalue weighted by Gasteiger charge is 2.62. The van der Waals surface area contributed by atoms with E-state index in [9.17, 15) is 52.0 Å². The molecule has 2 aromatic rings. The maximum absolute atomic E-state index is 14.3. The standard InChI is InChI=1S/C18H13F8O4S2/c19-11-12(20)14(22)16(15(23)13(11)21)31(27,28)17(32(29,30)18(24,25)26)10-6-5-8-3-1-2-4-9(8)7-10/h1-7,11-16H/q-1. The largest absolute Gasteiger partial charge is 0.491 e. The van der Waals surface area contributed by atoms with Gasteiger partial charge >= 0.3 is 5.51 Å². The van der Waals surface area contributed by atoms with E-state index in [0.29, 0.717) is 17.5 Å². The fourth-order valence-corrected chi connectivity index (χ4v) is 7.60. The third-order valence-corrected chi connectivity index (χ3v) is 9.67. The summed E-state index contributed by atoms with van der Waals surface area (Å²) < 4.78 is 157. The molecule has 32 heavy (non-hydrogen) atoms. The molecule has 0 aliphatic heterocycles. The lowest BCUT2D eigenvalue weighted by Crippen LogP contribution is -2.60. The predicted octanol–water partition coefficient (Wildman–Crippen LogP) is 4.10. The van der Waals surface area contributed by atoms with Crippen molar-refractivity contribution in [1.29, 1.82) is 0 Å². The zero-order valence-corrected chi connectivity index (χ0v) is 17.1. The summed E-state index contributed by atoms with van der Waals surface area (Å²) in [6, 6.07) is 8.01. The van der Waals surface area contributed by atoms with E-state index in [1.54, 1.807) is 0 Å². The van der Waals surface area contributed by atoms with Gasteiger partial charge in [0.1, 0.15) is 5.25 Å². The Morgan fingerprint density at radius 1 is 0.688 bits per heavy atom. The molecule has 0 bridgehead atoms. The zero-order chi connectivity index (χ0) is 24.2. The molecule has 4 unspecified atom stereocenters. The Hall–Kier alpha value is -2.09. The lowest BCUT2D eigenvalue weighted by molar-refractivity contribution is -0.0479. The second-order valence-corrected chi connectivity index (χ2v) is 11.2. The molecule has 4 atom stereocenters. The van der Waals surface area contributed by atoms with Gasteiger partial charge in [-0.05, 0) is 5.39 Å². The number of hydrogen-bond acceptors (Lipinski definition) is 4. The van der Waals surface area contributed by atoms with Gasteiger partial charge in [-0.2, -0.15) is 30.9 Å². The van der Waals surface area contributed by atoms with Gasteiger partial charge in [0, 0.05) is 0 Å². The molecule has 0 radical (unpaired) electrons. The van der Waals surface area contributed by atoms with Crippen LogP contribution in [0.15, 0.2) is 42.5 Å². The average molecular weight is 509 g/mol. The summed E-state index contributed by atoms with van der Waals surface area (Å²) in [7, 11) is -13.1. The molecule has 14 heteroatoms. The Morgan fingerprint density at radius 3 is 1.66 bits per heavy atom. The number of sulfone groups is 2. The molecule has 0 heterocycles. The quantitative estimate of drug-likeness (QED) is 0.460. The molecule has 1 aliphatic carbocycles. The van der Waals surface area contributed by atoms with Crippen LogP contribution in [0.25, 0.3) is 10.8 Å². The van der Waals surface area contributed by atoms with Crippen LogP contribution in [0.2, 0.25) is 0 Å². The van der Waals surface area contributed by atoms with Gasteiger partial charge < -0.3 is 0 Å². The van der Waals surface area contributed by atoms with Crippen LogP contribution in [-0.2, 0) is 19.7 Å². The number of alkyl halides is 8. The van der Waals surface area contributed by atoms with E-state index < -0.39 is 71.4 Å². The summed E-state index contributed by atoms with van der Waals surface area (Å²) in [5, 5.41) is -3.17.